The lowest BCUT2D eigenvalue weighted by atomic mass is 9.81. The Morgan fingerprint density at radius 3 is 2.20 bits per heavy atom. The first-order valence-electron chi connectivity index (χ1n) is 4.05. The van der Waals surface area contributed by atoms with Crippen LogP contribution in [-0.4, -0.2) is 16.1 Å². The second-order valence-corrected chi connectivity index (χ2v) is 4.02. The van der Waals surface area contributed by atoms with Gasteiger partial charge in [-0.05, 0) is 24.7 Å². The first-order valence-corrected chi connectivity index (χ1v) is 5.58. The number of aliphatic hydroxyl groups excluding tert-OH is 1. The van der Waals surface area contributed by atoms with Crippen LogP contribution in [0.3, 0.4) is 0 Å². The highest BCUT2D eigenvalue weighted by Gasteiger charge is 2.22. The highest BCUT2D eigenvalue weighted by Crippen LogP contribution is 2.30. The Labute approximate surface area is 76.3 Å². The van der Waals surface area contributed by atoms with E-state index in [9.17, 15) is 0 Å². The molecule has 1 fully saturated rings. The monoisotopic (exact) mass is 254 g/mol. The molecule has 2 heteroatoms. The van der Waals surface area contributed by atoms with E-state index in [1.54, 1.807) is 0 Å². The van der Waals surface area contributed by atoms with Crippen LogP contribution in [0.4, 0.5) is 0 Å². The van der Waals surface area contributed by atoms with Gasteiger partial charge in [0.1, 0.15) is 0 Å². The molecule has 0 bridgehead atoms. The van der Waals surface area contributed by atoms with E-state index in [0.717, 1.165) is 5.92 Å². The topological polar surface area (TPSA) is 20.2 Å². The molecule has 1 nitrogen and oxygen atoms in total. The van der Waals surface area contributed by atoms with Gasteiger partial charge in [0.25, 0.3) is 0 Å². The first-order chi connectivity index (χ1) is 4.88. The second kappa shape index (κ2) is 4.54. The Bertz CT molecular complexity index is 83.3. The minimum Gasteiger partial charge on any atom is -0.396 e. The number of hydrogen-bond acceptors (Lipinski definition) is 1. The zero-order chi connectivity index (χ0) is 7.40. The molecule has 1 saturated carbocycles. The van der Waals surface area contributed by atoms with Crippen molar-refractivity contribution in [2.24, 2.45) is 11.8 Å². The van der Waals surface area contributed by atoms with Crippen molar-refractivity contribution in [1.82, 2.24) is 0 Å². The summed E-state index contributed by atoms with van der Waals surface area (Å²) in [5.74, 6) is 1.42. The van der Waals surface area contributed by atoms with Crippen LogP contribution >= 0.6 is 22.6 Å². The van der Waals surface area contributed by atoms with Gasteiger partial charge in [-0.25, -0.2) is 0 Å². The Kier molecular flexibility index (Phi) is 3.99. The highest BCUT2D eigenvalue weighted by molar-refractivity contribution is 14.1. The predicted molar refractivity (Wildman–Crippen MR) is 51.4 cm³/mol. The van der Waals surface area contributed by atoms with Crippen molar-refractivity contribution in [2.75, 3.05) is 11.0 Å². The molecule has 0 radical (unpaired) electrons. The van der Waals surface area contributed by atoms with Gasteiger partial charge in [0.2, 0.25) is 0 Å². The van der Waals surface area contributed by atoms with Crippen molar-refractivity contribution in [1.29, 1.82) is 0 Å². The molecule has 0 aromatic carbocycles. The van der Waals surface area contributed by atoms with Crippen LogP contribution in [0.15, 0.2) is 0 Å². The van der Waals surface area contributed by atoms with Crippen molar-refractivity contribution in [3.8, 4) is 0 Å². The molecule has 1 N–H and O–H groups in total. The largest absolute Gasteiger partial charge is 0.396 e. The molecule has 0 saturated heterocycles. The van der Waals surface area contributed by atoms with E-state index < -0.39 is 0 Å². The highest BCUT2D eigenvalue weighted by atomic mass is 127. The fourth-order valence-electron chi connectivity index (χ4n) is 1.73. The Morgan fingerprint density at radius 1 is 1.20 bits per heavy atom. The van der Waals surface area contributed by atoms with E-state index >= 15 is 0 Å². The quantitative estimate of drug-likeness (QED) is 0.591. The van der Waals surface area contributed by atoms with Crippen LogP contribution in [0.25, 0.3) is 0 Å². The van der Waals surface area contributed by atoms with Gasteiger partial charge in [-0.3, -0.25) is 0 Å². The normalized spacial score (nSPS) is 34.2. The molecule has 0 heterocycles. The maximum Gasteiger partial charge on any atom is 0.0462 e. The summed E-state index contributed by atoms with van der Waals surface area (Å²) in [4.78, 5) is 0. The average Bonchev–Trinajstić information content (AvgIpc) is 2.04. The molecule has 2 unspecified atom stereocenters. The maximum absolute atomic E-state index is 8.99. The van der Waals surface area contributed by atoms with E-state index in [1.165, 1.54) is 30.1 Å². The zero-order valence-electron chi connectivity index (χ0n) is 6.22. The first kappa shape index (κ1) is 8.78. The van der Waals surface area contributed by atoms with E-state index in [2.05, 4.69) is 22.6 Å². The third-order valence-corrected chi connectivity index (χ3v) is 3.63. The standard InChI is InChI=1S/C8H15IO/c9-5-7-3-1-2-4-8(7)6-10/h7-8,10H,1-6H2. The molecule has 60 valence electrons. The lowest BCUT2D eigenvalue weighted by Gasteiger charge is -2.28. The molecule has 0 spiro atoms. The molecule has 0 aromatic heterocycles. The summed E-state index contributed by atoms with van der Waals surface area (Å²) >= 11 is 2.43. The Hall–Kier alpha value is 0.690. The van der Waals surface area contributed by atoms with E-state index in [4.69, 9.17) is 5.11 Å². The molecule has 1 aliphatic carbocycles. The van der Waals surface area contributed by atoms with Crippen molar-refractivity contribution in [3.05, 3.63) is 0 Å². The summed E-state index contributed by atoms with van der Waals surface area (Å²) in [5, 5.41) is 8.99. The molecular formula is C8H15IO. The minimum absolute atomic E-state index is 0.410. The van der Waals surface area contributed by atoms with Gasteiger partial charge >= 0.3 is 0 Å². The van der Waals surface area contributed by atoms with Gasteiger partial charge < -0.3 is 5.11 Å². The summed E-state index contributed by atoms with van der Waals surface area (Å²) in [7, 11) is 0. The van der Waals surface area contributed by atoms with Gasteiger partial charge in [-0.2, -0.15) is 0 Å². The SMILES string of the molecule is OCC1CCCCC1CI. The van der Waals surface area contributed by atoms with Crippen molar-refractivity contribution < 1.29 is 5.11 Å². The van der Waals surface area contributed by atoms with Gasteiger partial charge in [0.15, 0.2) is 0 Å². The lowest BCUT2D eigenvalue weighted by Crippen LogP contribution is -2.23. The third kappa shape index (κ3) is 2.09. The average molecular weight is 254 g/mol. The van der Waals surface area contributed by atoms with Crippen molar-refractivity contribution in [3.63, 3.8) is 0 Å². The van der Waals surface area contributed by atoms with E-state index in [0.29, 0.717) is 12.5 Å². The number of hydrogen-bond donors (Lipinski definition) is 1. The smallest absolute Gasteiger partial charge is 0.0462 e. The fraction of sp³-hybridized carbons (Fsp3) is 1.00. The van der Waals surface area contributed by atoms with E-state index in [1.807, 2.05) is 0 Å². The number of halogens is 1. The molecule has 0 amide bonds. The molecular weight excluding hydrogens is 239 g/mol. The summed E-state index contributed by atoms with van der Waals surface area (Å²) in [6, 6.07) is 0. The maximum atomic E-state index is 8.99. The number of aliphatic hydroxyl groups is 1. The summed E-state index contributed by atoms with van der Waals surface area (Å²) in [6.45, 7) is 0.410. The molecule has 1 aliphatic rings. The molecule has 2 atom stereocenters. The fourth-order valence-corrected chi connectivity index (χ4v) is 2.89. The summed E-state index contributed by atoms with van der Waals surface area (Å²) in [6.07, 6.45) is 5.31. The van der Waals surface area contributed by atoms with Crippen molar-refractivity contribution in [2.45, 2.75) is 25.7 Å². The van der Waals surface area contributed by atoms with Crippen LogP contribution in [-0.2, 0) is 0 Å². The van der Waals surface area contributed by atoms with Crippen LogP contribution in [0.1, 0.15) is 25.7 Å². The second-order valence-electron chi connectivity index (χ2n) is 3.14. The van der Waals surface area contributed by atoms with Crippen LogP contribution in [0.2, 0.25) is 0 Å². The lowest BCUT2D eigenvalue weighted by molar-refractivity contribution is 0.148. The van der Waals surface area contributed by atoms with Crippen molar-refractivity contribution >= 4 is 22.6 Å². The summed E-state index contributed by atoms with van der Waals surface area (Å²) < 4.78 is 1.23. The molecule has 1 rings (SSSR count). The van der Waals surface area contributed by atoms with Crippen LogP contribution in [0.5, 0.6) is 0 Å². The molecule has 10 heavy (non-hydrogen) atoms. The van der Waals surface area contributed by atoms with Gasteiger partial charge in [-0.15, -0.1) is 0 Å². The number of rotatable bonds is 2. The van der Waals surface area contributed by atoms with Gasteiger partial charge in [-0.1, -0.05) is 35.4 Å². The van der Waals surface area contributed by atoms with Crippen LogP contribution < -0.4 is 0 Å². The summed E-state index contributed by atoms with van der Waals surface area (Å²) in [5.41, 5.74) is 0. The van der Waals surface area contributed by atoms with Gasteiger partial charge in [0, 0.05) is 11.0 Å². The minimum atomic E-state index is 0.410. The third-order valence-electron chi connectivity index (χ3n) is 2.50. The van der Waals surface area contributed by atoms with E-state index in [-0.39, 0.29) is 0 Å². The molecule has 0 aliphatic heterocycles. The van der Waals surface area contributed by atoms with Crippen LogP contribution in [0, 0.1) is 11.8 Å². The Morgan fingerprint density at radius 2 is 1.80 bits per heavy atom. The zero-order valence-corrected chi connectivity index (χ0v) is 8.38. The van der Waals surface area contributed by atoms with Gasteiger partial charge in [0.05, 0.1) is 0 Å². The number of alkyl halides is 1. The molecule has 0 aromatic rings. The Balaban J connectivity index is 2.34. The predicted octanol–water partition coefficient (Wildman–Crippen LogP) is 2.22.